The van der Waals surface area contributed by atoms with Gasteiger partial charge in [0, 0.05) is 23.6 Å². The molecule has 0 aromatic carbocycles. The van der Waals surface area contributed by atoms with E-state index < -0.39 is 0 Å². The minimum Gasteiger partial charge on any atom is -0.401 e. The van der Waals surface area contributed by atoms with Crippen molar-refractivity contribution in [3.63, 3.8) is 0 Å². The summed E-state index contributed by atoms with van der Waals surface area (Å²) in [5.41, 5.74) is 6.94. The first kappa shape index (κ1) is 7.39. The fraction of sp³-hybridized carbons (Fsp3) is 0.455. The minimum atomic E-state index is 0.393. The minimum absolute atomic E-state index is 0.393. The monoisotopic (exact) mass is 174 g/mol. The summed E-state index contributed by atoms with van der Waals surface area (Å²) in [6, 6.07) is 1.02. The zero-order valence-corrected chi connectivity index (χ0v) is 7.48. The SMILES string of the molecule is NC1=CC=CC2C1NC1CC=CC12. The van der Waals surface area contributed by atoms with Crippen molar-refractivity contribution in [1.82, 2.24) is 5.32 Å². The van der Waals surface area contributed by atoms with E-state index in [2.05, 4.69) is 29.6 Å². The Morgan fingerprint density at radius 1 is 1.31 bits per heavy atom. The zero-order chi connectivity index (χ0) is 8.84. The van der Waals surface area contributed by atoms with Crippen LogP contribution in [0.4, 0.5) is 0 Å². The third-order valence-corrected chi connectivity index (χ3v) is 3.42. The van der Waals surface area contributed by atoms with E-state index >= 15 is 0 Å². The van der Waals surface area contributed by atoms with Gasteiger partial charge in [-0.2, -0.15) is 0 Å². The largest absolute Gasteiger partial charge is 0.401 e. The van der Waals surface area contributed by atoms with Gasteiger partial charge in [0.15, 0.2) is 0 Å². The Balaban J connectivity index is 1.96. The van der Waals surface area contributed by atoms with Gasteiger partial charge in [0.05, 0.1) is 6.04 Å². The van der Waals surface area contributed by atoms with E-state index in [9.17, 15) is 0 Å². The average Bonchev–Trinajstić information content (AvgIpc) is 2.65. The van der Waals surface area contributed by atoms with Crippen molar-refractivity contribution < 1.29 is 0 Å². The third-order valence-electron chi connectivity index (χ3n) is 3.42. The van der Waals surface area contributed by atoms with E-state index in [1.54, 1.807) is 0 Å². The molecule has 2 aliphatic carbocycles. The number of rotatable bonds is 0. The molecule has 2 heteroatoms. The first-order valence-corrected chi connectivity index (χ1v) is 4.93. The Morgan fingerprint density at radius 3 is 3.15 bits per heavy atom. The van der Waals surface area contributed by atoms with Crippen molar-refractivity contribution in [3.05, 3.63) is 36.1 Å². The summed E-state index contributed by atoms with van der Waals surface area (Å²) in [6.45, 7) is 0. The van der Waals surface area contributed by atoms with Gasteiger partial charge in [-0.1, -0.05) is 24.3 Å². The number of fused-ring (bicyclic) bond motifs is 3. The van der Waals surface area contributed by atoms with Crippen molar-refractivity contribution in [2.75, 3.05) is 0 Å². The number of nitrogens with two attached hydrogens (primary N) is 1. The zero-order valence-electron chi connectivity index (χ0n) is 7.48. The van der Waals surface area contributed by atoms with Crippen molar-refractivity contribution in [1.29, 1.82) is 0 Å². The molecule has 1 saturated heterocycles. The lowest BCUT2D eigenvalue weighted by Gasteiger charge is -2.22. The molecule has 13 heavy (non-hydrogen) atoms. The number of hydrogen-bond donors (Lipinski definition) is 2. The topological polar surface area (TPSA) is 38.0 Å². The molecule has 0 radical (unpaired) electrons. The van der Waals surface area contributed by atoms with Crippen LogP contribution >= 0.6 is 0 Å². The maximum atomic E-state index is 5.95. The van der Waals surface area contributed by atoms with Crippen LogP contribution in [0.15, 0.2) is 36.1 Å². The lowest BCUT2D eigenvalue weighted by molar-refractivity contribution is 0.511. The van der Waals surface area contributed by atoms with Crippen LogP contribution in [-0.4, -0.2) is 12.1 Å². The highest BCUT2D eigenvalue weighted by molar-refractivity contribution is 5.31. The molecular formula is C11H14N2. The second-order valence-electron chi connectivity index (χ2n) is 4.12. The summed E-state index contributed by atoms with van der Waals surface area (Å²) in [5.74, 6) is 1.27. The van der Waals surface area contributed by atoms with Crippen molar-refractivity contribution in [2.24, 2.45) is 17.6 Å². The van der Waals surface area contributed by atoms with E-state index in [-0.39, 0.29) is 0 Å². The first-order valence-electron chi connectivity index (χ1n) is 4.93. The molecule has 4 unspecified atom stereocenters. The van der Waals surface area contributed by atoms with Gasteiger partial charge in [-0.25, -0.2) is 0 Å². The molecule has 0 bridgehead atoms. The molecule has 3 N–H and O–H groups in total. The van der Waals surface area contributed by atoms with E-state index in [4.69, 9.17) is 5.73 Å². The second-order valence-corrected chi connectivity index (χ2v) is 4.12. The molecule has 0 spiro atoms. The number of hydrogen-bond acceptors (Lipinski definition) is 2. The van der Waals surface area contributed by atoms with E-state index in [0.717, 1.165) is 5.70 Å². The van der Waals surface area contributed by atoms with E-state index in [0.29, 0.717) is 23.9 Å². The lowest BCUT2D eigenvalue weighted by Crippen LogP contribution is -2.36. The van der Waals surface area contributed by atoms with Crippen LogP contribution in [0.5, 0.6) is 0 Å². The highest BCUT2D eigenvalue weighted by Crippen LogP contribution is 2.38. The van der Waals surface area contributed by atoms with Crippen molar-refractivity contribution in [2.45, 2.75) is 18.5 Å². The molecule has 1 heterocycles. The van der Waals surface area contributed by atoms with E-state index in [1.807, 2.05) is 6.08 Å². The molecular weight excluding hydrogens is 160 g/mol. The van der Waals surface area contributed by atoms with Gasteiger partial charge in [0.25, 0.3) is 0 Å². The normalized spacial score (nSPS) is 46.0. The van der Waals surface area contributed by atoms with Crippen LogP contribution in [0.1, 0.15) is 6.42 Å². The van der Waals surface area contributed by atoms with Gasteiger partial charge in [-0.05, 0) is 12.5 Å². The van der Waals surface area contributed by atoms with Gasteiger partial charge in [0.1, 0.15) is 0 Å². The fourth-order valence-corrected chi connectivity index (χ4v) is 2.77. The van der Waals surface area contributed by atoms with Crippen molar-refractivity contribution in [3.8, 4) is 0 Å². The molecule has 0 aromatic rings. The maximum absolute atomic E-state index is 5.95. The van der Waals surface area contributed by atoms with Gasteiger partial charge >= 0.3 is 0 Å². The molecule has 1 aliphatic heterocycles. The van der Waals surface area contributed by atoms with Gasteiger partial charge in [-0.3, -0.25) is 0 Å². The molecule has 0 amide bonds. The molecule has 2 nitrogen and oxygen atoms in total. The Kier molecular flexibility index (Phi) is 1.41. The number of nitrogens with one attached hydrogen (secondary N) is 1. The van der Waals surface area contributed by atoms with Crippen LogP contribution in [-0.2, 0) is 0 Å². The van der Waals surface area contributed by atoms with Crippen LogP contribution in [0.2, 0.25) is 0 Å². The summed E-state index contributed by atoms with van der Waals surface area (Å²) in [5, 5.41) is 3.60. The smallest absolute Gasteiger partial charge is 0.0539 e. The van der Waals surface area contributed by atoms with Crippen LogP contribution in [0.3, 0.4) is 0 Å². The third kappa shape index (κ3) is 0.923. The molecule has 3 rings (SSSR count). The van der Waals surface area contributed by atoms with Crippen LogP contribution < -0.4 is 11.1 Å². The summed E-state index contributed by atoms with van der Waals surface area (Å²) >= 11 is 0. The fourth-order valence-electron chi connectivity index (χ4n) is 2.77. The summed E-state index contributed by atoms with van der Waals surface area (Å²) < 4.78 is 0. The van der Waals surface area contributed by atoms with Gasteiger partial charge in [-0.15, -0.1) is 0 Å². The quantitative estimate of drug-likeness (QED) is 0.536. The van der Waals surface area contributed by atoms with Gasteiger partial charge in [0.2, 0.25) is 0 Å². The highest BCUT2D eigenvalue weighted by atomic mass is 15.0. The molecule has 68 valence electrons. The Hall–Kier alpha value is -1.02. The second kappa shape index (κ2) is 2.48. The first-order chi connectivity index (χ1) is 6.36. The predicted molar refractivity (Wildman–Crippen MR) is 52.9 cm³/mol. The molecule has 3 aliphatic rings. The Labute approximate surface area is 78.2 Å². The molecule has 1 fully saturated rings. The van der Waals surface area contributed by atoms with E-state index in [1.165, 1.54) is 6.42 Å². The average molecular weight is 174 g/mol. The predicted octanol–water partition coefficient (Wildman–Crippen LogP) is 0.931. The standard InChI is InChI=1S/C11H14N2/c12-9-5-1-4-8-7-3-2-6-10(7)13-11(8)9/h1-5,7-8,10-11,13H,6,12H2. The summed E-state index contributed by atoms with van der Waals surface area (Å²) in [6.07, 6.45) is 12.2. The Morgan fingerprint density at radius 2 is 2.23 bits per heavy atom. The summed E-state index contributed by atoms with van der Waals surface area (Å²) in [4.78, 5) is 0. The molecule has 0 aromatic heterocycles. The number of allylic oxidation sites excluding steroid dienone is 2. The summed E-state index contributed by atoms with van der Waals surface area (Å²) in [7, 11) is 0. The highest BCUT2D eigenvalue weighted by Gasteiger charge is 2.43. The van der Waals surface area contributed by atoms with Gasteiger partial charge < -0.3 is 11.1 Å². The Bertz CT molecular complexity index is 314. The maximum Gasteiger partial charge on any atom is 0.0539 e. The molecule has 0 saturated carbocycles. The van der Waals surface area contributed by atoms with Crippen molar-refractivity contribution >= 4 is 0 Å². The molecule has 4 atom stereocenters. The van der Waals surface area contributed by atoms with Crippen LogP contribution in [0.25, 0.3) is 0 Å². The lowest BCUT2D eigenvalue weighted by atomic mass is 9.85. The van der Waals surface area contributed by atoms with Crippen LogP contribution in [0, 0.1) is 11.8 Å².